The number of rotatable bonds is 1. The van der Waals surface area contributed by atoms with Gasteiger partial charge in [-0.15, -0.1) is 22.7 Å². The number of hydrogen-bond acceptors (Lipinski definition) is 4. The fraction of sp³-hybridized carbons (Fsp3) is 0.429. The van der Waals surface area contributed by atoms with Gasteiger partial charge in [0.2, 0.25) is 5.79 Å². The zero-order valence-electron chi connectivity index (χ0n) is 10.4. The van der Waals surface area contributed by atoms with Crippen molar-refractivity contribution in [2.24, 2.45) is 0 Å². The summed E-state index contributed by atoms with van der Waals surface area (Å²) in [5, 5.41) is 0. The van der Waals surface area contributed by atoms with Gasteiger partial charge in [0.25, 0.3) is 0 Å². The van der Waals surface area contributed by atoms with Gasteiger partial charge in [-0.1, -0.05) is 6.92 Å². The van der Waals surface area contributed by atoms with E-state index in [2.05, 4.69) is 26.0 Å². The monoisotopic (exact) mass is 278 g/mol. The molecule has 1 saturated heterocycles. The quantitative estimate of drug-likeness (QED) is 0.787. The summed E-state index contributed by atoms with van der Waals surface area (Å²) in [6.07, 6.45) is 1.08. The molecule has 0 saturated carbocycles. The third-order valence-corrected chi connectivity index (χ3v) is 6.09. The first kappa shape index (κ1) is 11.2. The molecular weight excluding hydrogens is 264 g/mol. The molecule has 0 radical (unpaired) electrons. The highest BCUT2D eigenvalue weighted by Crippen LogP contribution is 2.57. The average molecular weight is 278 g/mol. The Labute approximate surface area is 114 Å². The van der Waals surface area contributed by atoms with E-state index in [4.69, 9.17) is 9.47 Å². The van der Waals surface area contributed by atoms with E-state index in [9.17, 15) is 0 Å². The molecule has 0 N–H and O–H groups in total. The molecule has 4 rings (SSSR count). The van der Waals surface area contributed by atoms with Gasteiger partial charge < -0.3 is 9.47 Å². The first-order valence-electron chi connectivity index (χ1n) is 6.27. The van der Waals surface area contributed by atoms with Crippen LogP contribution in [0, 0.1) is 6.92 Å². The van der Waals surface area contributed by atoms with Crippen LogP contribution in [-0.4, -0.2) is 13.2 Å². The molecule has 94 valence electrons. The van der Waals surface area contributed by atoms with Gasteiger partial charge in [0.1, 0.15) is 0 Å². The van der Waals surface area contributed by atoms with E-state index in [0.717, 1.165) is 6.42 Å². The molecule has 1 spiro atoms. The summed E-state index contributed by atoms with van der Waals surface area (Å²) in [4.78, 5) is 5.46. The van der Waals surface area contributed by atoms with Crippen LogP contribution in [0.3, 0.4) is 0 Å². The highest BCUT2D eigenvalue weighted by molar-refractivity contribution is 7.22. The third kappa shape index (κ3) is 1.24. The Morgan fingerprint density at radius 2 is 1.78 bits per heavy atom. The second kappa shape index (κ2) is 3.67. The summed E-state index contributed by atoms with van der Waals surface area (Å²) in [5.74, 6) is -0.584. The molecule has 2 aromatic rings. The molecule has 0 unspecified atom stereocenters. The first-order valence-corrected chi connectivity index (χ1v) is 7.90. The molecule has 4 heteroatoms. The molecule has 1 aliphatic heterocycles. The maximum atomic E-state index is 6.02. The van der Waals surface area contributed by atoms with Crippen LogP contribution in [0.2, 0.25) is 0 Å². The molecule has 2 aromatic heterocycles. The fourth-order valence-electron chi connectivity index (χ4n) is 2.83. The minimum Gasteiger partial charge on any atom is -0.340 e. The maximum absolute atomic E-state index is 6.02. The van der Waals surface area contributed by atoms with Gasteiger partial charge in [-0.2, -0.15) is 0 Å². The van der Waals surface area contributed by atoms with E-state index in [1.165, 1.54) is 30.6 Å². The fourth-order valence-corrected chi connectivity index (χ4v) is 5.17. The number of hydrogen-bond donors (Lipinski definition) is 0. The summed E-state index contributed by atoms with van der Waals surface area (Å²) >= 11 is 3.74. The van der Waals surface area contributed by atoms with Crippen molar-refractivity contribution in [3.05, 3.63) is 33.0 Å². The lowest BCUT2D eigenvalue weighted by molar-refractivity contribution is -0.126. The van der Waals surface area contributed by atoms with E-state index in [1.54, 1.807) is 0 Å². The highest BCUT2D eigenvalue weighted by atomic mass is 32.1. The molecule has 1 aliphatic carbocycles. The summed E-state index contributed by atoms with van der Waals surface area (Å²) in [6.45, 7) is 5.72. The normalized spacial score (nSPS) is 19.4. The van der Waals surface area contributed by atoms with Crippen molar-refractivity contribution in [3.63, 3.8) is 0 Å². The Hall–Kier alpha value is -0.680. The van der Waals surface area contributed by atoms with E-state index in [1.807, 2.05) is 22.7 Å². The Morgan fingerprint density at radius 3 is 2.50 bits per heavy atom. The van der Waals surface area contributed by atoms with Crippen molar-refractivity contribution in [2.75, 3.05) is 13.2 Å². The average Bonchev–Trinajstić information content (AvgIpc) is 3.06. The van der Waals surface area contributed by atoms with E-state index < -0.39 is 5.79 Å². The van der Waals surface area contributed by atoms with Crippen molar-refractivity contribution in [2.45, 2.75) is 26.1 Å². The predicted octanol–water partition coefficient (Wildman–Crippen LogP) is 3.91. The molecule has 0 atom stereocenters. The standard InChI is InChI=1S/C14H14O2S2/c1-3-9-7-11-13(18-9)12-10(6-8(2)17-12)14(11)15-4-5-16-14/h6-7H,3-5H2,1-2H3. The SMILES string of the molecule is CCc1cc2c(s1)-c1sc(C)cc1C21OCCO1. The van der Waals surface area contributed by atoms with Gasteiger partial charge in [-0.05, 0) is 25.5 Å². The van der Waals surface area contributed by atoms with Crippen LogP contribution >= 0.6 is 22.7 Å². The van der Waals surface area contributed by atoms with Crippen molar-refractivity contribution < 1.29 is 9.47 Å². The molecule has 2 nitrogen and oxygen atoms in total. The van der Waals surface area contributed by atoms with Gasteiger partial charge >= 0.3 is 0 Å². The van der Waals surface area contributed by atoms with Gasteiger partial charge in [-0.25, -0.2) is 0 Å². The zero-order chi connectivity index (χ0) is 12.3. The van der Waals surface area contributed by atoms with Crippen molar-refractivity contribution in [1.29, 1.82) is 0 Å². The van der Waals surface area contributed by atoms with Crippen molar-refractivity contribution in [1.82, 2.24) is 0 Å². The van der Waals surface area contributed by atoms with Crippen molar-refractivity contribution >= 4 is 22.7 Å². The minimum atomic E-state index is -0.584. The van der Waals surface area contributed by atoms with Crippen LogP contribution < -0.4 is 0 Å². The zero-order valence-corrected chi connectivity index (χ0v) is 12.0. The van der Waals surface area contributed by atoms with E-state index >= 15 is 0 Å². The Balaban J connectivity index is 2.01. The molecular formula is C14H14O2S2. The van der Waals surface area contributed by atoms with Crippen LogP contribution in [0.1, 0.15) is 27.8 Å². The van der Waals surface area contributed by atoms with Gasteiger partial charge in [0.05, 0.1) is 23.0 Å². The molecule has 1 fully saturated rings. The summed E-state index contributed by atoms with van der Waals surface area (Å²) in [7, 11) is 0. The van der Waals surface area contributed by atoms with Crippen LogP contribution in [0.15, 0.2) is 12.1 Å². The van der Waals surface area contributed by atoms with Gasteiger partial charge in [-0.3, -0.25) is 0 Å². The smallest absolute Gasteiger partial charge is 0.225 e. The Kier molecular flexibility index (Phi) is 2.28. The number of ether oxygens (including phenoxy) is 2. The number of aryl methyl sites for hydroxylation is 2. The third-order valence-electron chi connectivity index (χ3n) is 3.60. The molecule has 0 aromatic carbocycles. The Bertz CT molecular complexity index is 618. The van der Waals surface area contributed by atoms with Gasteiger partial charge in [0, 0.05) is 20.9 Å². The molecule has 0 bridgehead atoms. The number of fused-ring (bicyclic) bond motifs is 5. The van der Waals surface area contributed by atoms with Gasteiger partial charge in [0.15, 0.2) is 0 Å². The van der Waals surface area contributed by atoms with E-state index in [0.29, 0.717) is 13.2 Å². The number of thiophene rings is 2. The molecule has 18 heavy (non-hydrogen) atoms. The van der Waals surface area contributed by atoms with Crippen LogP contribution in [-0.2, 0) is 21.7 Å². The highest BCUT2D eigenvalue weighted by Gasteiger charge is 2.50. The lowest BCUT2D eigenvalue weighted by atomic mass is 10.1. The molecule has 0 amide bonds. The predicted molar refractivity (Wildman–Crippen MR) is 74.4 cm³/mol. The van der Waals surface area contributed by atoms with Crippen LogP contribution in [0.5, 0.6) is 0 Å². The van der Waals surface area contributed by atoms with Crippen molar-refractivity contribution in [3.8, 4) is 9.75 Å². The minimum absolute atomic E-state index is 0.584. The Morgan fingerprint density at radius 1 is 1.11 bits per heavy atom. The molecule has 3 heterocycles. The maximum Gasteiger partial charge on any atom is 0.225 e. The lowest BCUT2D eigenvalue weighted by Crippen LogP contribution is -2.25. The topological polar surface area (TPSA) is 18.5 Å². The lowest BCUT2D eigenvalue weighted by Gasteiger charge is -2.22. The van der Waals surface area contributed by atoms with Crippen LogP contribution in [0.25, 0.3) is 9.75 Å². The first-order chi connectivity index (χ1) is 8.74. The second-order valence-corrected chi connectivity index (χ2v) is 7.12. The largest absolute Gasteiger partial charge is 0.340 e. The summed E-state index contributed by atoms with van der Waals surface area (Å²) < 4.78 is 12.0. The summed E-state index contributed by atoms with van der Waals surface area (Å²) in [6, 6.07) is 4.50. The summed E-state index contributed by atoms with van der Waals surface area (Å²) in [5.41, 5.74) is 2.47. The second-order valence-electron chi connectivity index (χ2n) is 4.72. The van der Waals surface area contributed by atoms with E-state index in [-0.39, 0.29) is 0 Å². The molecule has 2 aliphatic rings. The van der Waals surface area contributed by atoms with Crippen LogP contribution in [0.4, 0.5) is 0 Å².